The van der Waals surface area contributed by atoms with E-state index in [9.17, 15) is 9.18 Å². The first-order valence-electron chi connectivity index (χ1n) is 9.51. The van der Waals surface area contributed by atoms with E-state index in [1.54, 1.807) is 12.1 Å². The lowest BCUT2D eigenvalue weighted by molar-refractivity contribution is -0.121. The number of rotatable bonds is 5. The Bertz CT molecular complexity index is 732. The minimum atomic E-state index is -0.267. The van der Waals surface area contributed by atoms with Crippen molar-refractivity contribution in [3.8, 4) is 0 Å². The minimum absolute atomic E-state index is 0.0394. The van der Waals surface area contributed by atoms with Crippen molar-refractivity contribution < 1.29 is 9.18 Å². The molecule has 0 aliphatic carbocycles. The van der Waals surface area contributed by atoms with Gasteiger partial charge in [0.1, 0.15) is 5.82 Å². The Labute approximate surface area is 154 Å². The zero-order valence-corrected chi connectivity index (χ0v) is 14.9. The highest BCUT2D eigenvalue weighted by molar-refractivity contribution is 5.78. The summed E-state index contributed by atoms with van der Waals surface area (Å²) in [4.78, 5) is 15.0. The third kappa shape index (κ3) is 3.96. The number of nitrogens with zero attached hydrogens (tertiary/aromatic N) is 1. The summed E-state index contributed by atoms with van der Waals surface area (Å²) in [6, 6.07) is 18.2. The number of hydrogen-bond acceptors (Lipinski definition) is 2. The van der Waals surface area contributed by atoms with Gasteiger partial charge < -0.3 is 5.32 Å². The summed E-state index contributed by atoms with van der Waals surface area (Å²) in [6.07, 6.45) is 4.82. The number of nitrogens with one attached hydrogen (secondary N) is 1. The van der Waals surface area contributed by atoms with Crippen LogP contribution in [0.2, 0.25) is 0 Å². The van der Waals surface area contributed by atoms with Gasteiger partial charge in [0.05, 0.1) is 6.42 Å². The topological polar surface area (TPSA) is 32.3 Å². The number of piperidine rings is 1. The third-order valence-corrected chi connectivity index (χ3v) is 5.74. The summed E-state index contributed by atoms with van der Waals surface area (Å²) in [6.45, 7) is 1.01. The predicted octanol–water partition coefficient (Wildman–Crippen LogP) is 3.68. The van der Waals surface area contributed by atoms with Gasteiger partial charge in [-0.05, 0) is 48.9 Å². The molecule has 0 spiro atoms. The molecule has 2 aliphatic heterocycles. The normalized spacial score (nSPS) is 25.2. The minimum Gasteiger partial charge on any atom is -0.353 e. The molecular formula is C22H25FN2O. The van der Waals surface area contributed by atoms with E-state index in [0.717, 1.165) is 24.9 Å². The molecule has 0 saturated carbocycles. The van der Waals surface area contributed by atoms with Crippen LogP contribution >= 0.6 is 0 Å². The second kappa shape index (κ2) is 7.58. The van der Waals surface area contributed by atoms with Gasteiger partial charge in [-0.25, -0.2) is 4.39 Å². The third-order valence-electron chi connectivity index (χ3n) is 5.74. The van der Waals surface area contributed by atoms with E-state index < -0.39 is 0 Å². The largest absolute Gasteiger partial charge is 0.353 e. The molecule has 3 nitrogen and oxygen atoms in total. The summed E-state index contributed by atoms with van der Waals surface area (Å²) < 4.78 is 13.0. The molecule has 0 aromatic heterocycles. The first kappa shape index (κ1) is 17.2. The van der Waals surface area contributed by atoms with Crippen LogP contribution in [0.3, 0.4) is 0 Å². The molecule has 2 atom stereocenters. The molecule has 0 radical (unpaired) electrons. The Morgan fingerprint density at radius 3 is 2.27 bits per heavy atom. The molecule has 2 unspecified atom stereocenters. The van der Waals surface area contributed by atoms with E-state index in [4.69, 9.17) is 0 Å². The standard InChI is InChI=1S/C22H25FN2O/c23-18-8-6-16(7-9-18)12-22(26)24-19-13-20-10-11-21(14-19)25(20)15-17-4-2-1-3-5-17/h1-9,19-21H,10-15H2,(H,24,26). The maximum absolute atomic E-state index is 13.0. The molecule has 2 saturated heterocycles. The van der Waals surface area contributed by atoms with Gasteiger partial charge in [0.15, 0.2) is 0 Å². The molecule has 2 aliphatic rings. The summed E-state index contributed by atoms with van der Waals surface area (Å²) in [5.74, 6) is -0.228. The lowest BCUT2D eigenvalue weighted by Crippen LogP contribution is -2.50. The van der Waals surface area contributed by atoms with Crippen LogP contribution in [-0.4, -0.2) is 28.9 Å². The molecule has 4 rings (SSSR count). The smallest absolute Gasteiger partial charge is 0.224 e. The lowest BCUT2D eigenvalue weighted by Gasteiger charge is -2.39. The maximum Gasteiger partial charge on any atom is 0.224 e. The molecular weight excluding hydrogens is 327 g/mol. The summed E-state index contributed by atoms with van der Waals surface area (Å²) in [5, 5.41) is 3.21. The number of carbonyl (C=O) groups excluding carboxylic acids is 1. The van der Waals surface area contributed by atoms with Crippen molar-refractivity contribution in [2.45, 2.75) is 56.8 Å². The summed E-state index contributed by atoms with van der Waals surface area (Å²) in [7, 11) is 0. The molecule has 2 bridgehead atoms. The average molecular weight is 352 g/mol. The van der Waals surface area contributed by atoms with Crippen molar-refractivity contribution >= 4 is 5.91 Å². The Balaban J connectivity index is 1.32. The second-order valence-corrected chi connectivity index (χ2v) is 7.58. The van der Waals surface area contributed by atoms with Crippen LogP contribution in [0.5, 0.6) is 0 Å². The van der Waals surface area contributed by atoms with Gasteiger partial charge in [0.25, 0.3) is 0 Å². The Hall–Kier alpha value is -2.20. The Morgan fingerprint density at radius 2 is 1.62 bits per heavy atom. The van der Waals surface area contributed by atoms with Gasteiger partial charge in [-0.3, -0.25) is 9.69 Å². The molecule has 1 N–H and O–H groups in total. The van der Waals surface area contributed by atoms with Gasteiger partial charge in [0.2, 0.25) is 5.91 Å². The van der Waals surface area contributed by atoms with Gasteiger partial charge in [-0.15, -0.1) is 0 Å². The number of fused-ring (bicyclic) bond motifs is 2. The van der Waals surface area contributed by atoms with Crippen LogP contribution in [0.15, 0.2) is 54.6 Å². The van der Waals surface area contributed by atoms with E-state index in [1.165, 1.54) is 30.5 Å². The van der Waals surface area contributed by atoms with Crippen molar-refractivity contribution in [3.05, 3.63) is 71.5 Å². The number of hydrogen-bond donors (Lipinski definition) is 1. The molecule has 1 amide bonds. The van der Waals surface area contributed by atoms with E-state index in [0.29, 0.717) is 18.5 Å². The highest BCUT2D eigenvalue weighted by atomic mass is 19.1. The van der Waals surface area contributed by atoms with Gasteiger partial charge in [0, 0.05) is 24.7 Å². The van der Waals surface area contributed by atoms with Crippen LogP contribution in [0.25, 0.3) is 0 Å². The van der Waals surface area contributed by atoms with E-state index in [2.05, 4.69) is 40.5 Å². The fourth-order valence-electron chi connectivity index (χ4n) is 4.51. The van der Waals surface area contributed by atoms with Crippen LogP contribution in [0.4, 0.5) is 4.39 Å². The first-order chi connectivity index (χ1) is 12.7. The maximum atomic E-state index is 13.0. The zero-order valence-electron chi connectivity index (χ0n) is 14.9. The highest BCUT2D eigenvalue weighted by Gasteiger charge is 2.40. The van der Waals surface area contributed by atoms with Crippen LogP contribution in [-0.2, 0) is 17.8 Å². The van der Waals surface area contributed by atoms with Crippen molar-refractivity contribution in [1.82, 2.24) is 10.2 Å². The highest BCUT2D eigenvalue weighted by Crippen LogP contribution is 2.36. The van der Waals surface area contributed by atoms with E-state index in [-0.39, 0.29) is 17.8 Å². The molecule has 2 aromatic carbocycles. The number of carbonyl (C=O) groups is 1. The number of halogens is 1. The van der Waals surface area contributed by atoms with Crippen LogP contribution in [0, 0.1) is 5.82 Å². The van der Waals surface area contributed by atoms with Gasteiger partial charge in [-0.2, -0.15) is 0 Å². The molecule has 2 heterocycles. The second-order valence-electron chi connectivity index (χ2n) is 7.58. The van der Waals surface area contributed by atoms with E-state index in [1.807, 2.05) is 0 Å². The van der Waals surface area contributed by atoms with Gasteiger partial charge in [-0.1, -0.05) is 42.5 Å². The predicted molar refractivity (Wildman–Crippen MR) is 100 cm³/mol. The SMILES string of the molecule is O=C(Cc1ccc(F)cc1)NC1CC2CCC(C1)N2Cc1ccccc1. The first-order valence-corrected chi connectivity index (χ1v) is 9.51. The molecule has 136 valence electrons. The monoisotopic (exact) mass is 352 g/mol. The fraction of sp³-hybridized carbons (Fsp3) is 0.409. The fourth-order valence-corrected chi connectivity index (χ4v) is 4.51. The van der Waals surface area contributed by atoms with Crippen LogP contribution < -0.4 is 5.32 Å². The van der Waals surface area contributed by atoms with Gasteiger partial charge >= 0.3 is 0 Å². The van der Waals surface area contributed by atoms with Crippen molar-refractivity contribution in [3.63, 3.8) is 0 Å². The Morgan fingerprint density at radius 1 is 0.962 bits per heavy atom. The van der Waals surface area contributed by atoms with Crippen molar-refractivity contribution in [2.24, 2.45) is 0 Å². The molecule has 2 fully saturated rings. The quantitative estimate of drug-likeness (QED) is 0.890. The van der Waals surface area contributed by atoms with Crippen molar-refractivity contribution in [1.29, 1.82) is 0 Å². The van der Waals surface area contributed by atoms with Crippen LogP contribution in [0.1, 0.15) is 36.8 Å². The number of benzene rings is 2. The molecule has 26 heavy (non-hydrogen) atoms. The summed E-state index contributed by atoms with van der Waals surface area (Å²) in [5.41, 5.74) is 2.22. The lowest BCUT2D eigenvalue weighted by atomic mass is 9.96. The molecule has 2 aromatic rings. The Kier molecular flexibility index (Phi) is 5.02. The zero-order chi connectivity index (χ0) is 17.9. The van der Waals surface area contributed by atoms with Crippen molar-refractivity contribution in [2.75, 3.05) is 0 Å². The molecule has 4 heteroatoms. The summed E-state index contributed by atoms with van der Waals surface area (Å²) >= 11 is 0. The number of amides is 1. The van der Waals surface area contributed by atoms with E-state index >= 15 is 0 Å². The average Bonchev–Trinajstić information content (AvgIpc) is 2.87.